The summed E-state index contributed by atoms with van der Waals surface area (Å²) in [5, 5.41) is 3.64. The number of unbranched alkanes of at least 4 members (excludes halogenated alkanes) is 3. The fraction of sp³-hybridized carbons (Fsp3) is 0.364. The maximum absolute atomic E-state index is 13.1. The number of hydrogen-bond donors (Lipinski definition) is 1. The van der Waals surface area contributed by atoms with E-state index in [0.29, 0.717) is 11.3 Å². The van der Waals surface area contributed by atoms with E-state index in [1.165, 1.54) is 48.1 Å². The minimum atomic E-state index is -0.322. The van der Waals surface area contributed by atoms with Crippen LogP contribution >= 0.6 is 0 Å². The van der Waals surface area contributed by atoms with Crippen molar-refractivity contribution in [3.63, 3.8) is 0 Å². The van der Waals surface area contributed by atoms with Gasteiger partial charge in [-0.15, -0.1) is 0 Å². The Morgan fingerprint density at radius 2 is 1.84 bits per heavy atom. The highest BCUT2D eigenvalue weighted by Gasteiger charge is 2.29. The Morgan fingerprint density at radius 1 is 1.00 bits per heavy atom. The molecule has 1 fully saturated rings. The van der Waals surface area contributed by atoms with Gasteiger partial charge in [0.1, 0.15) is 11.9 Å². The number of rotatable bonds is 10. The molecule has 0 bridgehead atoms. The first-order valence-electron chi connectivity index (χ1n) is 13.9. The van der Waals surface area contributed by atoms with E-state index in [1.807, 2.05) is 30.3 Å². The van der Waals surface area contributed by atoms with Crippen LogP contribution in [0.2, 0.25) is 0 Å². The molecular formula is C33H38N2O3. The number of para-hydroxylation sites is 1. The van der Waals surface area contributed by atoms with Crippen molar-refractivity contribution < 1.29 is 14.3 Å². The van der Waals surface area contributed by atoms with Gasteiger partial charge in [0.05, 0.1) is 11.6 Å². The number of anilines is 1. The highest BCUT2D eigenvalue weighted by molar-refractivity contribution is 5.91. The molecule has 5 rings (SSSR count). The van der Waals surface area contributed by atoms with Gasteiger partial charge in [0.15, 0.2) is 0 Å². The van der Waals surface area contributed by atoms with Gasteiger partial charge < -0.3 is 19.7 Å². The van der Waals surface area contributed by atoms with Crippen molar-refractivity contribution in [3.8, 4) is 5.75 Å². The minimum Gasteiger partial charge on any atom is -0.423 e. The van der Waals surface area contributed by atoms with E-state index in [0.717, 1.165) is 31.6 Å². The predicted molar refractivity (Wildman–Crippen MR) is 154 cm³/mol. The number of benzene rings is 3. The van der Waals surface area contributed by atoms with E-state index in [4.69, 9.17) is 9.47 Å². The van der Waals surface area contributed by atoms with Crippen molar-refractivity contribution >= 4 is 17.7 Å². The lowest BCUT2D eigenvalue weighted by Crippen LogP contribution is -2.46. The molecule has 3 aromatic carbocycles. The van der Waals surface area contributed by atoms with Crippen molar-refractivity contribution in [3.05, 3.63) is 101 Å². The molecule has 1 N–H and O–H groups in total. The van der Waals surface area contributed by atoms with Crippen molar-refractivity contribution in [2.45, 2.75) is 51.2 Å². The molecule has 0 saturated carbocycles. The average Bonchev–Trinajstić information content (AvgIpc) is 3.40. The molecule has 38 heavy (non-hydrogen) atoms. The van der Waals surface area contributed by atoms with E-state index in [2.05, 4.69) is 65.7 Å². The number of esters is 1. The molecule has 1 heterocycles. The smallest absolute Gasteiger partial charge is 0.343 e. The zero-order valence-electron chi connectivity index (χ0n) is 22.5. The molecule has 3 aromatic rings. The number of hydrogen-bond acceptors (Lipinski definition) is 5. The number of carbonyl (C=O) groups excluding carboxylic acids is 1. The maximum Gasteiger partial charge on any atom is 0.343 e. The Morgan fingerprint density at radius 3 is 2.66 bits per heavy atom. The summed E-state index contributed by atoms with van der Waals surface area (Å²) in [6, 6.07) is 22.2. The van der Waals surface area contributed by atoms with Crippen LogP contribution in [-0.2, 0) is 11.2 Å². The van der Waals surface area contributed by atoms with Gasteiger partial charge in [-0.05, 0) is 48.2 Å². The molecule has 1 saturated heterocycles. The Kier molecular flexibility index (Phi) is 8.57. The second-order valence-electron chi connectivity index (χ2n) is 10.2. The zero-order chi connectivity index (χ0) is 26.3. The monoisotopic (exact) mass is 510 g/mol. The summed E-state index contributed by atoms with van der Waals surface area (Å²) in [5.74, 6) is 0.285. The molecular weight excluding hydrogens is 472 g/mol. The molecule has 1 aliphatic heterocycles. The number of piperazine rings is 1. The van der Waals surface area contributed by atoms with Crippen molar-refractivity contribution in [2.24, 2.45) is 0 Å². The predicted octanol–water partition coefficient (Wildman–Crippen LogP) is 6.89. The van der Waals surface area contributed by atoms with Gasteiger partial charge in [0.2, 0.25) is 0 Å². The van der Waals surface area contributed by atoms with E-state index >= 15 is 0 Å². The second kappa shape index (κ2) is 12.4. The van der Waals surface area contributed by atoms with Gasteiger partial charge in [-0.1, -0.05) is 80.8 Å². The van der Waals surface area contributed by atoms with Crippen LogP contribution in [-0.4, -0.2) is 32.7 Å². The number of nitrogens with zero attached hydrogens (tertiary/aromatic N) is 1. The summed E-state index contributed by atoms with van der Waals surface area (Å²) < 4.78 is 11.7. The molecule has 198 valence electrons. The van der Waals surface area contributed by atoms with Crippen molar-refractivity contribution in [1.29, 1.82) is 0 Å². The van der Waals surface area contributed by atoms with E-state index in [9.17, 15) is 4.79 Å². The van der Waals surface area contributed by atoms with E-state index < -0.39 is 0 Å². The minimum absolute atomic E-state index is 0.0227. The number of ether oxygens (including phenoxy) is 2. The molecule has 1 aliphatic carbocycles. The third kappa shape index (κ3) is 5.85. The summed E-state index contributed by atoms with van der Waals surface area (Å²) in [6.45, 7) is 4.73. The van der Waals surface area contributed by atoms with Gasteiger partial charge in [-0.25, -0.2) is 4.79 Å². The molecule has 5 heteroatoms. The molecule has 2 unspecified atom stereocenters. The first-order chi connectivity index (χ1) is 18.7. The third-order valence-electron chi connectivity index (χ3n) is 7.63. The lowest BCUT2D eigenvalue weighted by Gasteiger charge is -2.37. The lowest BCUT2D eigenvalue weighted by atomic mass is 10.00. The first kappa shape index (κ1) is 26.2. The number of nitrogens with one attached hydrogen (secondary N) is 1. The van der Waals surface area contributed by atoms with E-state index in [-0.39, 0.29) is 18.1 Å². The van der Waals surface area contributed by atoms with Gasteiger partial charge in [0, 0.05) is 43.6 Å². The van der Waals surface area contributed by atoms with Crippen LogP contribution in [0.3, 0.4) is 0 Å². The van der Waals surface area contributed by atoms with Crippen LogP contribution in [0.5, 0.6) is 5.75 Å². The van der Waals surface area contributed by atoms with Crippen LogP contribution in [0, 0.1) is 0 Å². The number of methoxy groups -OCH3 is 1. The summed E-state index contributed by atoms with van der Waals surface area (Å²) in [5.41, 5.74) is 6.48. The molecule has 2 aliphatic rings. The number of fused-ring (bicyclic) bond motifs is 1. The number of aryl methyl sites for hydroxylation is 1. The van der Waals surface area contributed by atoms with Crippen LogP contribution in [0.4, 0.5) is 5.69 Å². The SMILES string of the molecule is CCCCCCc1ccc(C(=O)Oc2ccccc2C2CN(c3cccc4c3C(OC)C=C4)CCN2)cc1. The van der Waals surface area contributed by atoms with Crippen LogP contribution < -0.4 is 15.0 Å². The Labute approximate surface area is 226 Å². The third-order valence-corrected chi connectivity index (χ3v) is 7.63. The molecule has 0 radical (unpaired) electrons. The molecule has 0 aromatic heterocycles. The van der Waals surface area contributed by atoms with Gasteiger partial charge in [0.25, 0.3) is 0 Å². The summed E-state index contributed by atoms with van der Waals surface area (Å²) in [7, 11) is 1.76. The standard InChI is InChI=1S/C33H38N2O3/c1-3-4-5-6-10-24-15-17-26(18-16-24)33(36)38-30-14-8-7-12-27(30)28-23-35(22-21-34-28)29-13-9-11-25-19-20-31(37-2)32(25)29/h7-9,11-20,28,31,34H,3-6,10,21-23H2,1-2H3. The first-order valence-corrected chi connectivity index (χ1v) is 13.9. The Hall–Kier alpha value is -3.41. The normalized spacial score (nSPS) is 18.4. The Balaban J connectivity index is 1.28. The highest BCUT2D eigenvalue weighted by atomic mass is 16.5. The second-order valence-corrected chi connectivity index (χ2v) is 10.2. The van der Waals surface area contributed by atoms with Crippen LogP contribution in [0.15, 0.2) is 72.8 Å². The lowest BCUT2D eigenvalue weighted by molar-refractivity contribution is 0.0732. The van der Waals surface area contributed by atoms with Crippen molar-refractivity contribution in [1.82, 2.24) is 5.32 Å². The highest BCUT2D eigenvalue weighted by Crippen LogP contribution is 2.39. The van der Waals surface area contributed by atoms with Gasteiger partial charge in [-0.2, -0.15) is 0 Å². The van der Waals surface area contributed by atoms with Crippen LogP contribution in [0.1, 0.15) is 77.4 Å². The van der Waals surface area contributed by atoms with Crippen LogP contribution in [0.25, 0.3) is 6.08 Å². The summed E-state index contributed by atoms with van der Waals surface area (Å²) in [4.78, 5) is 15.5. The zero-order valence-corrected chi connectivity index (χ0v) is 22.5. The topological polar surface area (TPSA) is 50.8 Å². The largest absolute Gasteiger partial charge is 0.423 e. The molecule has 5 nitrogen and oxygen atoms in total. The van der Waals surface area contributed by atoms with Crippen molar-refractivity contribution in [2.75, 3.05) is 31.6 Å². The maximum atomic E-state index is 13.1. The Bertz CT molecular complexity index is 1270. The fourth-order valence-electron chi connectivity index (χ4n) is 5.55. The summed E-state index contributed by atoms with van der Waals surface area (Å²) >= 11 is 0. The summed E-state index contributed by atoms with van der Waals surface area (Å²) in [6.07, 6.45) is 10.2. The average molecular weight is 511 g/mol. The molecule has 2 atom stereocenters. The quantitative estimate of drug-likeness (QED) is 0.183. The van der Waals surface area contributed by atoms with E-state index in [1.54, 1.807) is 7.11 Å². The molecule has 0 amide bonds. The fourth-order valence-corrected chi connectivity index (χ4v) is 5.55. The van der Waals surface area contributed by atoms with Gasteiger partial charge in [-0.3, -0.25) is 0 Å². The van der Waals surface area contributed by atoms with Gasteiger partial charge >= 0.3 is 5.97 Å². The molecule has 0 spiro atoms. The number of carbonyl (C=O) groups is 1.